The van der Waals surface area contributed by atoms with Gasteiger partial charge >= 0.3 is 0 Å². The largest absolute Gasteiger partial charge is 0.322 e. The fourth-order valence-electron chi connectivity index (χ4n) is 2.19. The number of benzene rings is 1. The van der Waals surface area contributed by atoms with Crippen molar-refractivity contribution in [1.29, 1.82) is 5.26 Å². The molecule has 5 heteroatoms. The van der Waals surface area contributed by atoms with E-state index in [1.165, 1.54) is 0 Å². The highest BCUT2D eigenvalue weighted by atomic mass is 35.5. The van der Waals surface area contributed by atoms with Gasteiger partial charge in [0.25, 0.3) is 0 Å². The van der Waals surface area contributed by atoms with E-state index in [1.807, 2.05) is 35.0 Å². The van der Waals surface area contributed by atoms with Crippen molar-refractivity contribution in [1.82, 2.24) is 14.5 Å². The van der Waals surface area contributed by atoms with E-state index in [2.05, 4.69) is 16.0 Å². The van der Waals surface area contributed by atoms with Gasteiger partial charge < -0.3 is 4.57 Å². The van der Waals surface area contributed by atoms with Crippen molar-refractivity contribution in [2.45, 2.75) is 12.4 Å². The van der Waals surface area contributed by atoms with E-state index in [0.717, 1.165) is 22.4 Å². The molecule has 20 heavy (non-hydrogen) atoms. The summed E-state index contributed by atoms with van der Waals surface area (Å²) < 4.78 is 2.03. The molecular weight excluding hydrogens is 272 g/mol. The molecule has 98 valence electrons. The number of pyridine rings is 1. The molecule has 2 heterocycles. The Balaban J connectivity index is 2.14. The van der Waals surface area contributed by atoms with E-state index in [9.17, 15) is 0 Å². The van der Waals surface area contributed by atoms with Crippen LogP contribution in [0.3, 0.4) is 0 Å². The van der Waals surface area contributed by atoms with Crippen molar-refractivity contribution in [3.05, 3.63) is 59.7 Å². The van der Waals surface area contributed by atoms with Crippen LogP contribution >= 0.6 is 11.6 Å². The summed E-state index contributed by atoms with van der Waals surface area (Å²) in [5.41, 5.74) is 3.46. The Morgan fingerprint density at radius 2 is 2.20 bits per heavy atom. The molecule has 0 saturated heterocycles. The maximum Gasteiger partial charge on any atom is 0.125 e. The van der Waals surface area contributed by atoms with Gasteiger partial charge in [0, 0.05) is 12.4 Å². The van der Waals surface area contributed by atoms with Gasteiger partial charge in [-0.15, -0.1) is 11.6 Å². The van der Waals surface area contributed by atoms with Crippen molar-refractivity contribution in [2.24, 2.45) is 0 Å². The normalized spacial score (nSPS) is 10.6. The Bertz CT molecular complexity index is 787. The molecule has 0 atom stereocenters. The molecule has 0 fully saturated rings. The third-order valence-electron chi connectivity index (χ3n) is 3.14. The van der Waals surface area contributed by atoms with Gasteiger partial charge in [-0.05, 0) is 29.8 Å². The quantitative estimate of drug-likeness (QED) is 0.694. The lowest BCUT2D eigenvalue weighted by Gasteiger charge is -2.07. The van der Waals surface area contributed by atoms with Crippen molar-refractivity contribution in [2.75, 3.05) is 0 Å². The van der Waals surface area contributed by atoms with Gasteiger partial charge in [0.15, 0.2) is 0 Å². The lowest BCUT2D eigenvalue weighted by Crippen LogP contribution is -2.04. The summed E-state index contributed by atoms with van der Waals surface area (Å²) in [6.07, 6.45) is 3.56. The van der Waals surface area contributed by atoms with Crippen LogP contribution in [0.15, 0.2) is 42.7 Å². The summed E-state index contributed by atoms with van der Waals surface area (Å²) in [6, 6.07) is 11.5. The summed E-state index contributed by atoms with van der Waals surface area (Å²) >= 11 is 5.98. The number of aromatic nitrogens is 3. The van der Waals surface area contributed by atoms with Gasteiger partial charge in [-0.3, -0.25) is 4.98 Å². The Kier molecular flexibility index (Phi) is 3.36. The molecule has 3 rings (SSSR count). The number of rotatable bonds is 3. The summed E-state index contributed by atoms with van der Waals surface area (Å²) in [6.45, 7) is 0.640. The molecule has 1 aromatic carbocycles. The Labute approximate surface area is 121 Å². The SMILES string of the molecule is N#Cc1ccc2nc(CCl)n(Cc3cccnc3)c2c1. The van der Waals surface area contributed by atoms with E-state index in [-0.39, 0.29) is 0 Å². The predicted octanol–water partition coefficient (Wildman–Crippen LogP) is 3.09. The molecule has 3 aromatic rings. The maximum atomic E-state index is 9.03. The molecule has 0 aliphatic heterocycles. The topological polar surface area (TPSA) is 54.5 Å². The van der Waals surface area contributed by atoms with E-state index in [1.54, 1.807) is 12.3 Å². The highest BCUT2D eigenvalue weighted by Gasteiger charge is 2.11. The van der Waals surface area contributed by atoms with Gasteiger partial charge in [-0.25, -0.2) is 4.98 Å². The Morgan fingerprint density at radius 1 is 1.30 bits per heavy atom. The van der Waals surface area contributed by atoms with Crippen LogP contribution < -0.4 is 0 Å². The standard InChI is InChI=1S/C15H11ClN4/c16-7-15-19-13-4-3-11(8-17)6-14(13)20(15)10-12-2-1-5-18-9-12/h1-6,9H,7,10H2. The van der Waals surface area contributed by atoms with Crippen molar-refractivity contribution in [3.63, 3.8) is 0 Å². The monoisotopic (exact) mass is 282 g/mol. The zero-order valence-corrected chi connectivity index (χ0v) is 11.4. The number of nitrogens with zero attached hydrogens (tertiary/aromatic N) is 4. The molecule has 0 aliphatic rings. The highest BCUT2D eigenvalue weighted by molar-refractivity contribution is 6.16. The number of hydrogen-bond acceptors (Lipinski definition) is 3. The molecule has 2 aromatic heterocycles. The highest BCUT2D eigenvalue weighted by Crippen LogP contribution is 2.20. The number of halogens is 1. The average Bonchev–Trinajstić information content (AvgIpc) is 2.85. The lowest BCUT2D eigenvalue weighted by molar-refractivity contribution is 0.775. The van der Waals surface area contributed by atoms with Crippen LogP contribution in [-0.2, 0) is 12.4 Å². The number of nitriles is 1. The molecule has 0 N–H and O–H groups in total. The minimum atomic E-state index is 0.330. The number of hydrogen-bond donors (Lipinski definition) is 0. The van der Waals surface area contributed by atoms with E-state index >= 15 is 0 Å². The molecule has 0 amide bonds. The first-order valence-electron chi connectivity index (χ1n) is 6.16. The zero-order chi connectivity index (χ0) is 13.9. The third-order valence-corrected chi connectivity index (χ3v) is 3.38. The third kappa shape index (κ3) is 2.24. The molecule has 0 bridgehead atoms. The fourth-order valence-corrected chi connectivity index (χ4v) is 2.40. The Morgan fingerprint density at radius 3 is 2.90 bits per heavy atom. The minimum absolute atomic E-state index is 0.330. The summed E-state index contributed by atoms with van der Waals surface area (Å²) in [5, 5.41) is 9.03. The first-order valence-corrected chi connectivity index (χ1v) is 6.69. The second-order valence-corrected chi connectivity index (χ2v) is 4.69. The van der Waals surface area contributed by atoms with Crippen molar-refractivity contribution >= 4 is 22.6 Å². The maximum absolute atomic E-state index is 9.03. The van der Waals surface area contributed by atoms with Crippen LogP contribution in [-0.4, -0.2) is 14.5 Å². The van der Waals surface area contributed by atoms with Crippen LogP contribution in [0.4, 0.5) is 0 Å². The summed E-state index contributed by atoms with van der Waals surface area (Å²) in [5.74, 6) is 1.12. The number of alkyl halides is 1. The van der Waals surface area contributed by atoms with Crippen LogP contribution in [0.2, 0.25) is 0 Å². The molecule has 0 spiro atoms. The zero-order valence-electron chi connectivity index (χ0n) is 10.6. The second-order valence-electron chi connectivity index (χ2n) is 4.42. The molecule has 4 nitrogen and oxygen atoms in total. The average molecular weight is 283 g/mol. The van der Waals surface area contributed by atoms with Crippen LogP contribution in [0, 0.1) is 11.3 Å². The number of imidazole rings is 1. The fraction of sp³-hybridized carbons (Fsp3) is 0.133. The van der Waals surface area contributed by atoms with Crippen LogP contribution in [0.25, 0.3) is 11.0 Å². The van der Waals surface area contributed by atoms with Gasteiger partial charge in [0.05, 0.1) is 35.1 Å². The lowest BCUT2D eigenvalue weighted by atomic mass is 10.2. The minimum Gasteiger partial charge on any atom is -0.322 e. The van der Waals surface area contributed by atoms with E-state index in [4.69, 9.17) is 16.9 Å². The van der Waals surface area contributed by atoms with E-state index in [0.29, 0.717) is 18.0 Å². The molecular formula is C15H11ClN4. The predicted molar refractivity (Wildman–Crippen MR) is 77.3 cm³/mol. The molecule has 0 unspecified atom stereocenters. The van der Waals surface area contributed by atoms with Gasteiger partial charge in [-0.2, -0.15) is 5.26 Å². The summed E-state index contributed by atoms with van der Waals surface area (Å²) in [4.78, 5) is 8.62. The first-order chi connectivity index (χ1) is 9.81. The van der Waals surface area contributed by atoms with Crippen LogP contribution in [0.1, 0.15) is 17.0 Å². The smallest absolute Gasteiger partial charge is 0.125 e. The van der Waals surface area contributed by atoms with E-state index < -0.39 is 0 Å². The van der Waals surface area contributed by atoms with Gasteiger partial charge in [0.2, 0.25) is 0 Å². The Hall–Kier alpha value is -2.38. The second kappa shape index (κ2) is 5.32. The number of fused-ring (bicyclic) bond motifs is 1. The van der Waals surface area contributed by atoms with Gasteiger partial charge in [-0.1, -0.05) is 6.07 Å². The van der Waals surface area contributed by atoms with Crippen LogP contribution in [0.5, 0.6) is 0 Å². The first kappa shape index (κ1) is 12.6. The van der Waals surface area contributed by atoms with Crippen molar-refractivity contribution in [3.8, 4) is 6.07 Å². The van der Waals surface area contributed by atoms with Gasteiger partial charge in [0.1, 0.15) is 5.82 Å². The molecule has 0 saturated carbocycles. The molecule has 0 radical (unpaired) electrons. The van der Waals surface area contributed by atoms with Crippen molar-refractivity contribution < 1.29 is 0 Å². The summed E-state index contributed by atoms with van der Waals surface area (Å²) in [7, 11) is 0. The molecule has 0 aliphatic carbocycles.